The summed E-state index contributed by atoms with van der Waals surface area (Å²) >= 11 is 1.20. The van der Waals surface area contributed by atoms with E-state index in [0.717, 1.165) is 0 Å². The Labute approximate surface area is 162 Å². The minimum atomic E-state index is -3.44. The second-order valence-corrected chi connectivity index (χ2v) is 9.34. The minimum Gasteiger partial charge on any atom is -0.352 e. The van der Waals surface area contributed by atoms with Crippen molar-refractivity contribution < 1.29 is 18.0 Å². The molecule has 1 aromatic heterocycles. The molecule has 1 aliphatic heterocycles. The largest absolute Gasteiger partial charge is 0.352 e. The van der Waals surface area contributed by atoms with Gasteiger partial charge in [0.15, 0.2) is 0 Å². The molecule has 1 aliphatic rings. The predicted molar refractivity (Wildman–Crippen MR) is 103 cm³/mol. The summed E-state index contributed by atoms with van der Waals surface area (Å²) < 4.78 is 26.8. The van der Waals surface area contributed by atoms with E-state index in [9.17, 15) is 18.0 Å². The standard InChI is InChI=1S/C18H21N3O4S2/c22-16(13-19-18(23)14-5-2-1-3-6-14)20-15-8-10-21(11-9-15)27(24,25)17-7-4-12-26-17/h1-7,12,15H,8-11,13H2,(H,19,23)(H,20,22). The molecule has 0 unspecified atom stereocenters. The molecule has 2 amide bonds. The van der Waals surface area contributed by atoms with Gasteiger partial charge in [-0.3, -0.25) is 9.59 Å². The van der Waals surface area contributed by atoms with E-state index in [2.05, 4.69) is 10.6 Å². The Balaban J connectivity index is 1.44. The van der Waals surface area contributed by atoms with Crippen molar-refractivity contribution in [2.45, 2.75) is 23.1 Å². The van der Waals surface area contributed by atoms with Gasteiger partial charge in [-0.1, -0.05) is 24.3 Å². The number of amides is 2. The Morgan fingerprint density at radius 1 is 1.07 bits per heavy atom. The normalized spacial score (nSPS) is 16.0. The monoisotopic (exact) mass is 407 g/mol. The van der Waals surface area contributed by atoms with Crippen LogP contribution in [0.3, 0.4) is 0 Å². The summed E-state index contributed by atoms with van der Waals surface area (Å²) in [5.74, 6) is -0.582. The molecule has 0 saturated carbocycles. The number of hydrogen-bond acceptors (Lipinski definition) is 5. The van der Waals surface area contributed by atoms with Crippen molar-refractivity contribution in [3.8, 4) is 0 Å². The summed E-state index contributed by atoms with van der Waals surface area (Å²) in [6, 6.07) is 11.9. The summed E-state index contributed by atoms with van der Waals surface area (Å²) in [6.45, 7) is 0.616. The molecule has 0 bridgehead atoms. The summed E-state index contributed by atoms with van der Waals surface area (Å²) in [6.07, 6.45) is 1.09. The fraction of sp³-hybridized carbons (Fsp3) is 0.333. The van der Waals surface area contributed by atoms with Crippen LogP contribution in [0.2, 0.25) is 0 Å². The topological polar surface area (TPSA) is 95.6 Å². The molecule has 2 N–H and O–H groups in total. The second kappa shape index (κ2) is 8.64. The molecule has 7 nitrogen and oxygen atoms in total. The van der Waals surface area contributed by atoms with Gasteiger partial charge in [0.1, 0.15) is 4.21 Å². The average molecular weight is 408 g/mol. The summed E-state index contributed by atoms with van der Waals surface area (Å²) in [7, 11) is -3.44. The van der Waals surface area contributed by atoms with Crippen molar-refractivity contribution >= 4 is 33.2 Å². The van der Waals surface area contributed by atoms with Crippen molar-refractivity contribution in [3.05, 3.63) is 53.4 Å². The lowest BCUT2D eigenvalue weighted by molar-refractivity contribution is -0.121. The zero-order valence-corrected chi connectivity index (χ0v) is 16.3. The van der Waals surface area contributed by atoms with Gasteiger partial charge >= 0.3 is 0 Å². The minimum absolute atomic E-state index is 0.0964. The molecule has 0 aliphatic carbocycles. The molecule has 144 valence electrons. The number of nitrogens with zero attached hydrogens (tertiary/aromatic N) is 1. The molecule has 1 aromatic carbocycles. The van der Waals surface area contributed by atoms with Crippen LogP contribution < -0.4 is 10.6 Å². The Morgan fingerprint density at radius 2 is 1.78 bits per heavy atom. The van der Waals surface area contributed by atoms with Crippen LogP contribution in [0.15, 0.2) is 52.1 Å². The van der Waals surface area contributed by atoms with E-state index in [-0.39, 0.29) is 24.4 Å². The first-order chi connectivity index (χ1) is 13.0. The third kappa shape index (κ3) is 4.94. The highest BCUT2D eigenvalue weighted by atomic mass is 32.2. The molecule has 2 heterocycles. The number of hydrogen-bond donors (Lipinski definition) is 2. The van der Waals surface area contributed by atoms with Crippen molar-refractivity contribution in [3.63, 3.8) is 0 Å². The lowest BCUT2D eigenvalue weighted by atomic mass is 10.1. The molecule has 27 heavy (non-hydrogen) atoms. The Morgan fingerprint density at radius 3 is 2.41 bits per heavy atom. The maximum atomic E-state index is 12.5. The van der Waals surface area contributed by atoms with Crippen LogP contribution in [-0.2, 0) is 14.8 Å². The quantitative estimate of drug-likeness (QED) is 0.758. The number of sulfonamides is 1. The number of benzene rings is 1. The van der Waals surface area contributed by atoms with E-state index >= 15 is 0 Å². The predicted octanol–water partition coefficient (Wildman–Crippen LogP) is 1.45. The van der Waals surface area contributed by atoms with E-state index < -0.39 is 10.0 Å². The van der Waals surface area contributed by atoms with Crippen LogP contribution in [0.25, 0.3) is 0 Å². The van der Waals surface area contributed by atoms with E-state index in [1.165, 1.54) is 15.6 Å². The highest BCUT2D eigenvalue weighted by Crippen LogP contribution is 2.24. The number of nitrogens with one attached hydrogen (secondary N) is 2. The number of thiophene rings is 1. The lowest BCUT2D eigenvalue weighted by Crippen LogP contribution is -2.48. The Kier molecular flexibility index (Phi) is 6.25. The molecule has 9 heteroatoms. The second-order valence-electron chi connectivity index (χ2n) is 6.23. The van der Waals surface area contributed by atoms with Gasteiger partial charge in [0.2, 0.25) is 5.91 Å². The average Bonchev–Trinajstić information content (AvgIpc) is 3.23. The van der Waals surface area contributed by atoms with Gasteiger partial charge in [-0.25, -0.2) is 8.42 Å². The molecule has 1 fully saturated rings. The van der Waals surface area contributed by atoms with Crippen LogP contribution in [-0.4, -0.2) is 50.2 Å². The molecule has 3 rings (SSSR count). The van der Waals surface area contributed by atoms with Crippen molar-refractivity contribution in [1.29, 1.82) is 0 Å². The molecular weight excluding hydrogens is 386 g/mol. The molecule has 0 radical (unpaired) electrons. The third-order valence-electron chi connectivity index (χ3n) is 4.35. The van der Waals surface area contributed by atoms with Crippen LogP contribution in [0.1, 0.15) is 23.2 Å². The highest BCUT2D eigenvalue weighted by molar-refractivity contribution is 7.91. The van der Waals surface area contributed by atoms with Crippen molar-refractivity contribution in [2.24, 2.45) is 0 Å². The first kappa shape index (κ1) is 19.5. The first-order valence-corrected chi connectivity index (χ1v) is 10.9. The number of rotatable bonds is 6. The lowest BCUT2D eigenvalue weighted by Gasteiger charge is -2.31. The van der Waals surface area contributed by atoms with Gasteiger partial charge in [-0.05, 0) is 36.4 Å². The SMILES string of the molecule is O=C(CNC(=O)c1ccccc1)NC1CCN(S(=O)(=O)c2cccs2)CC1. The zero-order valence-electron chi connectivity index (χ0n) is 14.6. The fourth-order valence-corrected chi connectivity index (χ4v) is 5.52. The summed E-state index contributed by atoms with van der Waals surface area (Å²) in [5, 5.41) is 7.18. The first-order valence-electron chi connectivity index (χ1n) is 8.63. The van der Waals surface area contributed by atoms with Crippen LogP contribution in [0.4, 0.5) is 0 Å². The Hall–Kier alpha value is -2.23. The van der Waals surface area contributed by atoms with Gasteiger partial charge < -0.3 is 10.6 Å². The van der Waals surface area contributed by atoms with Gasteiger partial charge in [-0.15, -0.1) is 11.3 Å². The van der Waals surface area contributed by atoms with Crippen molar-refractivity contribution in [2.75, 3.05) is 19.6 Å². The van der Waals surface area contributed by atoms with Gasteiger partial charge in [0.25, 0.3) is 15.9 Å². The van der Waals surface area contributed by atoms with Crippen molar-refractivity contribution in [1.82, 2.24) is 14.9 Å². The fourth-order valence-electron chi connectivity index (χ4n) is 2.91. The number of piperidine rings is 1. The number of carbonyl (C=O) groups excluding carboxylic acids is 2. The summed E-state index contributed by atoms with van der Waals surface area (Å²) in [4.78, 5) is 24.0. The maximum Gasteiger partial charge on any atom is 0.252 e. The van der Waals surface area contributed by atoms with E-state index in [0.29, 0.717) is 35.7 Å². The van der Waals surface area contributed by atoms with Gasteiger partial charge in [0, 0.05) is 24.7 Å². The maximum absolute atomic E-state index is 12.5. The molecule has 1 saturated heterocycles. The number of carbonyl (C=O) groups is 2. The smallest absolute Gasteiger partial charge is 0.252 e. The van der Waals surface area contributed by atoms with Crippen LogP contribution >= 0.6 is 11.3 Å². The zero-order chi connectivity index (χ0) is 19.3. The molecule has 0 spiro atoms. The third-order valence-corrected chi connectivity index (χ3v) is 7.63. The van der Waals surface area contributed by atoms with E-state index in [1.807, 2.05) is 6.07 Å². The Bertz CT molecular complexity index is 875. The highest BCUT2D eigenvalue weighted by Gasteiger charge is 2.30. The molecule has 2 aromatic rings. The van der Waals surface area contributed by atoms with Crippen LogP contribution in [0, 0.1) is 0 Å². The van der Waals surface area contributed by atoms with Crippen LogP contribution in [0.5, 0.6) is 0 Å². The molecular formula is C18H21N3O4S2. The van der Waals surface area contributed by atoms with Gasteiger partial charge in [-0.2, -0.15) is 4.31 Å². The van der Waals surface area contributed by atoms with E-state index in [1.54, 1.807) is 41.8 Å². The summed E-state index contributed by atoms with van der Waals surface area (Å²) in [5.41, 5.74) is 0.498. The van der Waals surface area contributed by atoms with Gasteiger partial charge in [0.05, 0.1) is 6.54 Å². The van der Waals surface area contributed by atoms with E-state index in [4.69, 9.17) is 0 Å². The molecule has 0 atom stereocenters.